The van der Waals surface area contributed by atoms with Gasteiger partial charge in [0.1, 0.15) is 4.75 Å². The van der Waals surface area contributed by atoms with Crippen LogP contribution in [0.1, 0.15) is 26.3 Å². The molecule has 0 amide bonds. The molecular formula is C22H27NO2S3. The number of benzene rings is 2. The van der Waals surface area contributed by atoms with Gasteiger partial charge in [-0.2, -0.15) is 0 Å². The van der Waals surface area contributed by atoms with E-state index in [0.29, 0.717) is 11.7 Å². The van der Waals surface area contributed by atoms with E-state index in [0.717, 1.165) is 12.3 Å². The third-order valence-corrected chi connectivity index (χ3v) is 8.39. The lowest BCUT2D eigenvalue weighted by Crippen LogP contribution is -2.27. The van der Waals surface area contributed by atoms with Gasteiger partial charge in [0, 0.05) is 33.5 Å². The van der Waals surface area contributed by atoms with E-state index in [-0.39, 0.29) is 0 Å². The van der Waals surface area contributed by atoms with Gasteiger partial charge >= 0.3 is 5.97 Å². The second kappa shape index (κ2) is 9.06. The highest BCUT2D eigenvalue weighted by Crippen LogP contribution is 2.43. The number of carboxylic acid groups (broad SMARTS) is 1. The Labute approximate surface area is 180 Å². The van der Waals surface area contributed by atoms with Gasteiger partial charge in [-0.3, -0.25) is 4.79 Å². The minimum atomic E-state index is -0.791. The molecule has 1 heterocycles. The zero-order valence-corrected chi connectivity index (χ0v) is 19.2. The predicted molar refractivity (Wildman–Crippen MR) is 125 cm³/mol. The first-order valence-corrected chi connectivity index (χ1v) is 12.5. The van der Waals surface area contributed by atoms with Gasteiger partial charge < -0.3 is 10.0 Å². The molecule has 0 radical (unpaired) electrons. The highest BCUT2D eigenvalue weighted by Gasteiger charge is 2.29. The molecule has 28 heavy (non-hydrogen) atoms. The average molecular weight is 434 g/mol. The van der Waals surface area contributed by atoms with Crippen LogP contribution >= 0.6 is 35.3 Å². The molecule has 150 valence electrons. The van der Waals surface area contributed by atoms with E-state index in [1.165, 1.54) is 38.5 Å². The number of hydrogen-bond donors (Lipinski definition) is 1. The molecule has 0 saturated carbocycles. The van der Waals surface area contributed by atoms with Gasteiger partial charge in [-0.25, -0.2) is 0 Å². The van der Waals surface area contributed by atoms with Crippen LogP contribution in [0.25, 0.3) is 0 Å². The molecule has 0 aromatic heterocycles. The van der Waals surface area contributed by atoms with E-state index < -0.39 is 10.7 Å². The molecule has 2 aromatic rings. The summed E-state index contributed by atoms with van der Waals surface area (Å²) in [6.45, 7) is 6.85. The van der Waals surface area contributed by atoms with Gasteiger partial charge in [0.25, 0.3) is 0 Å². The minimum Gasteiger partial charge on any atom is -0.480 e. The third kappa shape index (κ3) is 4.84. The minimum absolute atomic E-state index is 0.583. The van der Waals surface area contributed by atoms with Crippen molar-refractivity contribution < 1.29 is 9.90 Å². The van der Waals surface area contributed by atoms with Crippen molar-refractivity contribution >= 4 is 52.6 Å². The Morgan fingerprint density at radius 1 is 1.29 bits per heavy atom. The second-order valence-corrected chi connectivity index (χ2v) is 11.1. The van der Waals surface area contributed by atoms with Gasteiger partial charge in [-0.1, -0.05) is 25.1 Å². The molecule has 0 saturated heterocycles. The first kappa shape index (κ1) is 21.5. The van der Waals surface area contributed by atoms with Crippen molar-refractivity contribution in [3.05, 3.63) is 48.0 Å². The maximum atomic E-state index is 11.5. The van der Waals surface area contributed by atoms with E-state index in [2.05, 4.69) is 60.5 Å². The second-order valence-electron chi connectivity index (χ2n) is 7.60. The molecule has 0 fully saturated rings. The standard InChI is InChI=1S/C22H27NO2S3/c1-15-12-23(17-8-6-5-7-9-17)18-11-19(26-4)16(10-20(18)27-13-15)14-28-22(2,3)21(24)25/h5-11,15H,12-14H2,1-4H3,(H,24,25). The summed E-state index contributed by atoms with van der Waals surface area (Å²) in [5.41, 5.74) is 3.70. The molecule has 3 rings (SSSR count). The van der Waals surface area contributed by atoms with Crippen LogP contribution in [0.2, 0.25) is 0 Å². The zero-order chi connectivity index (χ0) is 20.3. The monoisotopic (exact) mass is 433 g/mol. The van der Waals surface area contributed by atoms with Crippen LogP contribution in [0, 0.1) is 5.92 Å². The zero-order valence-electron chi connectivity index (χ0n) is 16.8. The van der Waals surface area contributed by atoms with Crippen molar-refractivity contribution in [1.29, 1.82) is 0 Å². The molecule has 2 aromatic carbocycles. The number of hydrogen-bond acceptors (Lipinski definition) is 5. The normalized spacial score (nSPS) is 17.1. The number of thioether (sulfide) groups is 3. The molecule has 6 heteroatoms. The fraction of sp³-hybridized carbons (Fsp3) is 0.409. The lowest BCUT2D eigenvalue weighted by molar-refractivity contribution is -0.138. The van der Waals surface area contributed by atoms with Crippen molar-refractivity contribution in [2.45, 2.75) is 41.1 Å². The summed E-state index contributed by atoms with van der Waals surface area (Å²) >= 11 is 5.14. The number of aliphatic carboxylic acids is 1. The summed E-state index contributed by atoms with van der Waals surface area (Å²) in [4.78, 5) is 16.4. The summed E-state index contributed by atoms with van der Waals surface area (Å²) in [5.74, 6) is 1.60. The molecule has 1 aliphatic heterocycles. The van der Waals surface area contributed by atoms with Crippen LogP contribution in [0.3, 0.4) is 0 Å². The van der Waals surface area contributed by atoms with Crippen LogP contribution in [-0.4, -0.2) is 34.4 Å². The molecule has 1 atom stereocenters. The molecule has 3 nitrogen and oxygen atoms in total. The summed E-state index contributed by atoms with van der Waals surface area (Å²) in [5, 5.41) is 9.43. The van der Waals surface area contributed by atoms with Crippen LogP contribution < -0.4 is 4.90 Å². The predicted octanol–water partition coefficient (Wildman–Crippen LogP) is 6.38. The largest absolute Gasteiger partial charge is 0.480 e. The third-order valence-electron chi connectivity index (χ3n) is 4.84. The van der Waals surface area contributed by atoms with E-state index in [9.17, 15) is 9.90 Å². The van der Waals surface area contributed by atoms with Crippen molar-refractivity contribution in [3.8, 4) is 0 Å². The van der Waals surface area contributed by atoms with Crippen molar-refractivity contribution in [3.63, 3.8) is 0 Å². The maximum Gasteiger partial charge on any atom is 0.319 e. The summed E-state index contributed by atoms with van der Waals surface area (Å²) in [6, 6.07) is 15.2. The van der Waals surface area contributed by atoms with Crippen molar-refractivity contribution in [2.75, 3.05) is 23.5 Å². The molecule has 1 aliphatic rings. The molecular weight excluding hydrogens is 406 g/mol. The molecule has 1 N–H and O–H groups in total. The summed E-state index contributed by atoms with van der Waals surface area (Å²) < 4.78 is -0.791. The number of para-hydroxylation sites is 1. The van der Waals surface area contributed by atoms with Crippen molar-refractivity contribution in [2.24, 2.45) is 5.92 Å². The number of carboxylic acids is 1. The number of nitrogens with zero attached hydrogens (tertiary/aromatic N) is 1. The van der Waals surface area contributed by atoms with Crippen molar-refractivity contribution in [1.82, 2.24) is 0 Å². The molecule has 1 unspecified atom stereocenters. The Hall–Kier alpha value is -1.24. The van der Waals surface area contributed by atoms with Gasteiger partial charge in [-0.15, -0.1) is 35.3 Å². The fourth-order valence-corrected chi connectivity index (χ4v) is 5.79. The lowest BCUT2D eigenvalue weighted by Gasteiger charge is -2.28. The Bertz CT molecular complexity index is 839. The van der Waals surface area contributed by atoms with Crippen LogP contribution in [0.5, 0.6) is 0 Å². The fourth-order valence-electron chi connectivity index (χ4n) is 3.09. The summed E-state index contributed by atoms with van der Waals surface area (Å²) in [7, 11) is 0. The highest BCUT2D eigenvalue weighted by molar-refractivity contribution is 8.01. The Kier molecular flexibility index (Phi) is 6.94. The van der Waals surface area contributed by atoms with Crippen LogP contribution in [0.15, 0.2) is 52.3 Å². The highest BCUT2D eigenvalue weighted by atomic mass is 32.2. The maximum absolute atomic E-state index is 11.5. The quantitative estimate of drug-likeness (QED) is 0.533. The van der Waals surface area contributed by atoms with Gasteiger partial charge in [0.2, 0.25) is 0 Å². The van der Waals surface area contributed by atoms with E-state index in [4.69, 9.17) is 0 Å². The Morgan fingerprint density at radius 2 is 2.00 bits per heavy atom. The van der Waals surface area contributed by atoms with Crippen LogP contribution in [0.4, 0.5) is 11.4 Å². The SMILES string of the molecule is CSc1cc2c(cc1CSC(C)(C)C(=O)O)SCC(C)CN2c1ccccc1. The number of fused-ring (bicyclic) bond motifs is 1. The molecule has 0 spiro atoms. The lowest BCUT2D eigenvalue weighted by atomic mass is 10.1. The van der Waals surface area contributed by atoms with Gasteiger partial charge in [0.15, 0.2) is 0 Å². The van der Waals surface area contributed by atoms with Gasteiger partial charge in [0.05, 0.1) is 5.69 Å². The van der Waals surface area contributed by atoms with Gasteiger partial charge in [-0.05, 0) is 55.9 Å². The molecule has 0 bridgehead atoms. The van der Waals surface area contributed by atoms with Crippen LogP contribution in [-0.2, 0) is 10.5 Å². The number of carbonyl (C=O) groups is 1. The topological polar surface area (TPSA) is 40.5 Å². The molecule has 0 aliphatic carbocycles. The van der Waals surface area contributed by atoms with E-state index in [1.54, 1.807) is 25.6 Å². The average Bonchev–Trinajstić information content (AvgIpc) is 2.85. The van der Waals surface area contributed by atoms with E-state index in [1.807, 2.05) is 11.8 Å². The first-order valence-electron chi connectivity index (χ1n) is 9.35. The summed E-state index contributed by atoms with van der Waals surface area (Å²) in [6.07, 6.45) is 2.09. The number of anilines is 2. The van der Waals surface area contributed by atoms with E-state index >= 15 is 0 Å². The smallest absolute Gasteiger partial charge is 0.319 e. The Balaban J connectivity index is 1.98. The first-order chi connectivity index (χ1) is 13.3. The Morgan fingerprint density at radius 3 is 2.64 bits per heavy atom. The number of rotatable bonds is 6.